The van der Waals surface area contributed by atoms with E-state index in [0.717, 1.165) is 25.3 Å². The summed E-state index contributed by atoms with van der Waals surface area (Å²) in [6.45, 7) is 4.50. The van der Waals surface area contributed by atoms with Crippen molar-refractivity contribution in [1.29, 1.82) is 0 Å². The first kappa shape index (κ1) is 12.6. The van der Waals surface area contributed by atoms with Crippen molar-refractivity contribution in [3.05, 3.63) is 35.4 Å². The largest absolute Gasteiger partial charge is 0.324 e. The topological polar surface area (TPSA) is 38.0 Å². The van der Waals surface area contributed by atoms with Crippen LogP contribution in [0.2, 0.25) is 0 Å². The Kier molecular flexibility index (Phi) is 4.57. The molecule has 0 aromatic heterocycles. The molecule has 0 radical (unpaired) electrons. The summed E-state index contributed by atoms with van der Waals surface area (Å²) in [4.78, 5) is 0. The number of rotatable bonds is 4. The van der Waals surface area contributed by atoms with Crippen LogP contribution in [-0.4, -0.2) is 13.1 Å². The second kappa shape index (κ2) is 6.18. The molecule has 1 aliphatic rings. The summed E-state index contributed by atoms with van der Waals surface area (Å²) in [6.07, 6.45) is 4.83. The quantitative estimate of drug-likeness (QED) is 0.837. The van der Waals surface area contributed by atoms with Gasteiger partial charge >= 0.3 is 0 Å². The lowest BCUT2D eigenvalue weighted by atomic mass is 9.90. The summed E-state index contributed by atoms with van der Waals surface area (Å²) < 4.78 is 0. The normalized spacial score (nSPS) is 22.4. The third kappa shape index (κ3) is 3.55. The molecule has 1 saturated heterocycles. The molecule has 0 bridgehead atoms. The van der Waals surface area contributed by atoms with Crippen LogP contribution in [-0.2, 0) is 6.42 Å². The molecule has 2 nitrogen and oxygen atoms in total. The molecule has 2 unspecified atom stereocenters. The van der Waals surface area contributed by atoms with Crippen LogP contribution in [0.15, 0.2) is 24.3 Å². The van der Waals surface area contributed by atoms with Crippen LogP contribution in [0.25, 0.3) is 0 Å². The van der Waals surface area contributed by atoms with Gasteiger partial charge in [-0.1, -0.05) is 31.2 Å². The second-order valence-electron chi connectivity index (χ2n) is 5.15. The van der Waals surface area contributed by atoms with Crippen molar-refractivity contribution in [3.8, 4) is 0 Å². The fraction of sp³-hybridized carbons (Fsp3) is 0.600. The smallest absolute Gasteiger partial charge is 0.0297 e. The monoisotopic (exact) mass is 232 g/mol. The van der Waals surface area contributed by atoms with Crippen LogP contribution in [0.3, 0.4) is 0 Å². The zero-order valence-electron chi connectivity index (χ0n) is 10.8. The van der Waals surface area contributed by atoms with Crippen molar-refractivity contribution in [2.24, 2.45) is 11.7 Å². The molecule has 1 aliphatic heterocycles. The van der Waals surface area contributed by atoms with Crippen molar-refractivity contribution in [2.75, 3.05) is 13.1 Å². The van der Waals surface area contributed by atoms with E-state index in [-0.39, 0.29) is 6.04 Å². The Bertz CT molecular complexity index is 325. The third-order valence-corrected chi connectivity index (χ3v) is 3.80. The van der Waals surface area contributed by atoms with E-state index in [1.165, 1.54) is 30.5 Å². The maximum atomic E-state index is 6.29. The Morgan fingerprint density at radius 1 is 1.35 bits per heavy atom. The molecule has 3 N–H and O–H groups in total. The van der Waals surface area contributed by atoms with Gasteiger partial charge in [-0.25, -0.2) is 0 Å². The Morgan fingerprint density at radius 2 is 2.12 bits per heavy atom. The molecule has 1 heterocycles. The first-order chi connectivity index (χ1) is 8.29. The van der Waals surface area contributed by atoms with Crippen molar-refractivity contribution >= 4 is 0 Å². The highest BCUT2D eigenvalue weighted by Crippen LogP contribution is 2.23. The molecule has 94 valence electrons. The van der Waals surface area contributed by atoms with Crippen molar-refractivity contribution in [1.82, 2.24) is 5.32 Å². The van der Waals surface area contributed by atoms with Gasteiger partial charge in [-0.2, -0.15) is 0 Å². The van der Waals surface area contributed by atoms with Crippen LogP contribution < -0.4 is 11.1 Å². The van der Waals surface area contributed by atoms with Crippen LogP contribution in [0, 0.1) is 5.92 Å². The average Bonchev–Trinajstić information content (AvgIpc) is 2.40. The molecule has 1 aromatic carbocycles. The molecular weight excluding hydrogens is 208 g/mol. The molecular formula is C15H24N2. The predicted octanol–water partition coefficient (Wildman–Crippen LogP) is 2.64. The maximum absolute atomic E-state index is 6.29. The van der Waals surface area contributed by atoms with Gasteiger partial charge in [0, 0.05) is 6.04 Å². The Hall–Kier alpha value is -0.860. The molecule has 2 heteroatoms. The molecule has 1 fully saturated rings. The van der Waals surface area contributed by atoms with Gasteiger partial charge in [0.05, 0.1) is 0 Å². The summed E-state index contributed by atoms with van der Waals surface area (Å²) in [5.41, 5.74) is 8.96. The lowest BCUT2D eigenvalue weighted by molar-refractivity contribution is 0.337. The maximum Gasteiger partial charge on any atom is 0.0297 e. The Labute approximate surface area is 105 Å². The number of piperidine rings is 1. The van der Waals surface area contributed by atoms with E-state index in [1.54, 1.807) is 0 Å². The standard InChI is InChI=1S/C15H24N2/c1-2-12-5-7-14(8-6-12)15(16)10-13-4-3-9-17-11-13/h5-8,13,15,17H,2-4,9-11,16H2,1H3. The molecule has 1 aromatic rings. The number of hydrogen-bond donors (Lipinski definition) is 2. The van der Waals surface area contributed by atoms with E-state index >= 15 is 0 Å². The SMILES string of the molecule is CCc1ccc(C(N)CC2CCCNC2)cc1. The number of nitrogens with one attached hydrogen (secondary N) is 1. The van der Waals surface area contributed by atoms with Crippen LogP contribution in [0.1, 0.15) is 43.4 Å². The molecule has 0 aliphatic carbocycles. The number of benzene rings is 1. The molecule has 17 heavy (non-hydrogen) atoms. The zero-order chi connectivity index (χ0) is 12.1. The second-order valence-corrected chi connectivity index (χ2v) is 5.15. The fourth-order valence-corrected chi connectivity index (χ4v) is 2.62. The lowest BCUT2D eigenvalue weighted by Crippen LogP contribution is -2.31. The zero-order valence-corrected chi connectivity index (χ0v) is 10.8. The molecule has 2 rings (SSSR count). The summed E-state index contributed by atoms with van der Waals surface area (Å²) in [5.74, 6) is 0.754. The summed E-state index contributed by atoms with van der Waals surface area (Å²) in [5, 5.41) is 3.45. The van der Waals surface area contributed by atoms with E-state index in [1.807, 2.05) is 0 Å². The lowest BCUT2D eigenvalue weighted by Gasteiger charge is -2.25. The van der Waals surface area contributed by atoms with E-state index in [9.17, 15) is 0 Å². The molecule has 0 saturated carbocycles. The third-order valence-electron chi connectivity index (χ3n) is 3.80. The minimum absolute atomic E-state index is 0.200. The molecule has 2 atom stereocenters. The molecule has 0 amide bonds. The van der Waals surface area contributed by atoms with Crippen molar-refractivity contribution < 1.29 is 0 Å². The van der Waals surface area contributed by atoms with Gasteiger partial charge in [0.1, 0.15) is 0 Å². The highest BCUT2D eigenvalue weighted by molar-refractivity contribution is 5.24. The van der Waals surface area contributed by atoms with Gasteiger partial charge in [-0.05, 0) is 55.8 Å². The van der Waals surface area contributed by atoms with E-state index < -0.39 is 0 Å². The van der Waals surface area contributed by atoms with E-state index in [2.05, 4.69) is 36.5 Å². The first-order valence-electron chi connectivity index (χ1n) is 6.84. The predicted molar refractivity (Wildman–Crippen MR) is 73.0 cm³/mol. The van der Waals surface area contributed by atoms with Gasteiger partial charge in [-0.3, -0.25) is 0 Å². The minimum Gasteiger partial charge on any atom is -0.324 e. The number of hydrogen-bond acceptors (Lipinski definition) is 2. The van der Waals surface area contributed by atoms with Gasteiger partial charge in [0.25, 0.3) is 0 Å². The summed E-state index contributed by atoms with van der Waals surface area (Å²) >= 11 is 0. The van der Waals surface area contributed by atoms with E-state index in [0.29, 0.717) is 0 Å². The Balaban J connectivity index is 1.91. The van der Waals surface area contributed by atoms with Crippen LogP contribution >= 0.6 is 0 Å². The first-order valence-corrected chi connectivity index (χ1v) is 6.84. The summed E-state index contributed by atoms with van der Waals surface area (Å²) in [6, 6.07) is 8.99. The van der Waals surface area contributed by atoms with Crippen molar-refractivity contribution in [3.63, 3.8) is 0 Å². The average molecular weight is 232 g/mol. The van der Waals surface area contributed by atoms with Gasteiger partial charge in [0.2, 0.25) is 0 Å². The fourth-order valence-electron chi connectivity index (χ4n) is 2.62. The number of aryl methyl sites for hydroxylation is 1. The van der Waals surface area contributed by atoms with Gasteiger partial charge < -0.3 is 11.1 Å². The van der Waals surface area contributed by atoms with Gasteiger partial charge in [0.15, 0.2) is 0 Å². The Morgan fingerprint density at radius 3 is 2.71 bits per heavy atom. The minimum atomic E-state index is 0.200. The molecule has 0 spiro atoms. The van der Waals surface area contributed by atoms with Crippen LogP contribution in [0.4, 0.5) is 0 Å². The van der Waals surface area contributed by atoms with Crippen LogP contribution in [0.5, 0.6) is 0 Å². The number of nitrogens with two attached hydrogens (primary N) is 1. The summed E-state index contributed by atoms with van der Waals surface area (Å²) in [7, 11) is 0. The highest BCUT2D eigenvalue weighted by Gasteiger charge is 2.17. The van der Waals surface area contributed by atoms with E-state index in [4.69, 9.17) is 5.73 Å². The highest BCUT2D eigenvalue weighted by atomic mass is 14.9. The van der Waals surface area contributed by atoms with Crippen molar-refractivity contribution in [2.45, 2.75) is 38.6 Å². The van der Waals surface area contributed by atoms with Gasteiger partial charge in [-0.15, -0.1) is 0 Å².